The number of benzene rings is 1. The lowest BCUT2D eigenvalue weighted by Crippen LogP contribution is -2.47. The zero-order valence-corrected chi connectivity index (χ0v) is 12.0. The maximum absolute atomic E-state index is 12.2. The van der Waals surface area contributed by atoms with E-state index in [1.54, 1.807) is 6.92 Å². The number of nitrogens with two attached hydrogens (primary N) is 1. The molecule has 4 nitrogen and oxygen atoms in total. The van der Waals surface area contributed by atoms with Gasteiger partial charge in [-0.25, -0.2) is 0 Å². The fraction of sp³-hybridized carbons (Fsp3) is 0.533. The van der Waals surface area contributed by atoms with E-state index in [4.69, 9.17) is 10.5 Å². The molecular formula is C15H22N2O2. The van der Waals surface area contributed by atoms with E-state index in [2.05, 4.69) is 0 Å². The Labute approximate surface area is 114 Å². The molecule has 4 heteroatoms. The molecule has 0 saturated heterocycles. The van der Waals surface area contributed by atoms with Crippen LogP contribution in [0, 0.1) is 0 Å². The first kappa shape index (κ1) is 13.9. The van der Waals surface area contributed by atoms with Gasteiger partial charge in [-0.2, -0.15) is 0 Å². The number of carbonyl (C=O) groups is 1. The Balaban J connectivity index is 2.42. The zero-order valence-electron chi connectivity index (χ0n) is 12.0. The highest BCUT2D eigenvalue weighted by molar-refractivity contribution is 6.00. The van der Waals surface area contributed by atoms with E-state index in [0.717, 1.165) is 23.4 Å². The molecule has 0 bridgehead atoms. The second kappa shape index (κ2) is 5.21. The average Bonchev–Trinajstić information content (AvgIpc) is 2.30. The van der Waals surface area contributed by atoms with Crippen LogP contribution in [0.5, 0.6) is 5.75 Å². The van der Waals surface area contributed by atoms with E-state index >= 15 is 0 Å². The molecule has 1 aromatic rings. The predicted molar refractivity (Wildman–Crippen MR) is 76.5 cm³/mol. The molecule has 0 saturated carbocycles. The van der Waals surface area contributed by atoms with Crippen LogP contribution in [0.1, 0.15) is 33.3 Å². The summed E-state index contributed by atoms with van der Waals surface area (Å²) in [6.45, 7) is 7.79. The molecule has 1 aromatic carbocycles. The number of anilines is 1. The van der Waals surface area contributed by atoms with Crippen LogP contribution in [0.25, 0.3) is 0 Å². The normalized spacial score (nSPS) is 20.2. The highest BCUT2D eigenvalue weighted by Crippen LogP contribution is 2.36. The maximum Gasteiger partial charge on any atom is 0.268 e. The van der Waals surface area contributed by atoms with Gasteiger partial charge in [0.15, 0.2) is 6.10 Å². The summed E-state index contributed by atoms with van der Waals surface area (Å²) < 4.78 is 5.66. The van der Waals surface area contributed by atoms with Crippen molar-refractivity contribution in [3.63, 3.8) is 0 Å². The minimum Gasteiger partial charge on any atom is -0.479 e. The van der Waals surface area contributed by atoms with E-state index in [0.29, 0.717) is 0 Å². The summed E-state index contributed by atoms with van der Waals surface area (Å²) in [4.78, 5) is 14.1. The Kier molecular flexibility index (Phi) is 3.80. The second-order valence-corrected chi connectivity index (χ2v) is 5.55. The van der Waals surface area contributed by atoms with Crippen molar-refractivity contribution in [2.24, 2.45) is 5.73 Å². The van der Waals surface area contributed by atoms with Crippen molar-refractivity contribution < 1.29 is 9.53 Å². The van der Waals surface area contributed by atoms with E-state index in [1.807, 2.05) is 43.9 Å². The molecule has 0 aliphatic carbocycles. The summed E-state index contributed by atoms with van der Waals surface area (Å²) in [7, 11) is 0. The van der Waals surface area contributed by atoms with Gasteiger partial charge in [-0.05, 0) is 51.8 Å². The Hall–Kier alpha value is -1.55. The number of hydrogen-bond donors (Lipinski definition) is 1. The monoisotopic (exact) mass is 262 g/mol. The van der Waals surface area contributed by atoms with Crippen LogP contribution in [0.4, 0.5) is 5.69 Å². The number of amides is 1. The Morgan fingerprint density at radius 3 is 2.63 bits per heavy atom. The second-order valence-electron chi connectivity index (χ2n) is 5.55. The van der Waals surface area contributed by atoms with Gasteiger partial charge in [0.25, 0.3) is 5.91 Å². The number of fused-ring (bicyclic) bond motifs is 1. The maximum atomic E-state index is 12.2. The van der Waals surface area contributed by atoms with Gasteiger partial charge in [0.05, 0.1) is 5.69 Å². The van der Waals surface area contributed by atoms with Gasteiger partial charge in [0.1, 0.15) is 5.75 Å². The lowest BCUT2D eigenvalue weighted by molar-refractivity contribution is -0.125. The summed E-state index contributed by atoms with van der Waals surface area (Å²) >= 11 is 0. The highest BCUT2D eigenvalue weighted by atomic mass is 16.5. The van der Waals surface area contributed by atoms with Gasteiger partial charge >= 0.3 is 0 Å². The molecular weight excluding hydrogens is 240 g/mol. The minimum absolute atomic E-state index is 0.0143. The van der Waals surface area contributed by atoms with E-state index < -0.39 is 6.10 Å². The third-order valence-electron chi connectivity index (χ3n) is 3.25. The lowest BCUT2D eigenvalue weighted by Gasteiger charge is -2.36. The van der Waals surface area contributed by atoms with Crippen LogP contribution in [0.3, 0.4) is 0 Å². The molecule has 1 aliphatic rings. The summed E-state index contributed by atoms with van der Waals surface area (Å²) in [5.41, 5.74) is 7.82. The van der Waals surface area contributed by atoms with Gasteiger partial charge in [0, 0.05) is 12.1 Å². The fourth-order valence-corrected chi connectivity index (χ4v) is 2.44. The summed E-state index contributed by atoms with van der Waals surface area (Å²) in [5, 5.41) is 0. The third kappa shape index (κ3) is 2.73. The van der Waals surface area contributed by atoms with Crippen LogP contribution in [0.2, 0.25) is 0 Å². The van der Waals surface area contributed by atoms with Crippen molar-refractivity contribution in [1.29, 1.82) is 0 Å². The topological polar surface area (TPSA) is 55.6 Å². The van der Waals surface area contributed by atoms with Crippen LogP contribution < -0.4 is 15.4 Å². The fourth-order valence-electron chi connectivity index (χ4n) is 2.44. The van der Waals surface area contributed by atoms with Gasteiger partial charge in [-0.15, -0.1) is 0 Å². The first-order valence-electron chi connectivity index (χ1n) is 6.78. The largest absolute Gasteiger partial charge is 0.479 e. The van der Waals surface area contributed by atoms with E-state index in [-0.39, 0.29) is 18.0 Å². The van der Waals surface area contributed by atoms with Gasteiger partial charge in [0.2, 0.25) is 0 Å². The van der Waals surface area contributed by atoms with Crippen molar-refractivity contribution in [1.82, 2.24) is 0 Å². The van der Waals surface area contributed by atoms with Crippen LogP contribution >= 0.6 is 0 Å². The molecule has 2 rings (SSSR count). The van der Waals surface area contributed by atoms with Crippen molar-refractivity contribution in [2.75, 3.05) is 4.90 Å². The quantitative estimate of drug-likeness (QED) is 0.907. The molecule has 0 spiro atoms. The van der Waals surface area contributed by atoms with Crippen molar-refractivity contribution in [2.45, 2.75) is 52.3 Å². The predicted octanol–water partition coefficient (Wildman–Crippen LogP) is 2.10. The molecule has 19 heavy (non-hydrogen) atoms. The third-order valence-corrected chi connectivity index (χ3v) is 3.25. The lowest BCUT2D eigenvalue weighted by atomic mass is 10.0. The number of carbonyl (C=O) groups excluding carboxylic acids is 1. The van der Waals surface area contributed by atoms with Crippen molar-refractivity contribution in [3.8, 4) is 5.75 Å². The SMILES string of the molecule is CC(N)Cc1ccc2c(c1)N(C(C)C)C(=O)C(C)O2. The molecule has 2 unspecified atom stereocenters. The summed E-state index contributed by atoms with van der Waals surface area (Å²) in [6, 6.07) is 6.18. The summed E-state index contributed by atoms with van der Waals surface area (Å²) in [5.74, 6) is 0.787. The number of nitrogens with zero attached hydrogens (tertiary/aromatic N) is 1. The molecule has 104 valence electrons. The Morgan fingerprint density at radius 1 is 1.37 bits per heavy atom. The number of hydrogen-bond acceptors (Lipinski definition) is 3. The van der Waals surface area contributed by atoms with Gasteiger partial charge < -0.3 is 15.4 Å². The molecule has 2 N–H and O–H groups in total. The van der Waals surface area contributed by atoms with Gasteiger partial charge in [-0.1, -0.05) is 6.07 Å². The first-order chi connectivity index (χ1) is 8.90. The zero-order chi connectivity index (χ0) is 14.2. The Bertz CT molecular complexity index is 483. The molecule has 1 aliphatic heterocycles. The van der Waals surface area contributed by atoms with E-state index in [1.165, 1.54) is 0 Å². The molecule has 0 aromatic heterocycles. The van der Waals surface area contributed by atoms with Crippen molar-refractivity contribution in [3.05, 3.63) is 23.8 Å². The summed E-state index contributed by atoms with van der Waals surface area (Å²) in [6.07, 6.45) is 0.373. The molecule has 2 atom stereocenters. The first-order valence-corrected chi connectivity index (χ1v) is 6.78. The highest BCUT2D eigenvalue weighted by Gasteiger charge is 2.33. The molecule has 0 radical (unpaired) electrons. The van der Waals surface area contributed by atoms with Crippen LogP contribution in [-0.2, 0) is 11.2 Å². The van der Waals surface area contributed by atoms with E-state index in [9.17, 15) is 4.79 Å². The van der Waals surface area contributed by atoms with Crippen molar-refractivity contribution >= 4 is 11.6 Å². The number of ether oxygens (including phenoxy) is 1. The minimum atomic E-state index is -0.422. The Morgan fingerprint density at radius 2 is 2.05 bits per heavy atom. The molecule has 1 amide bonds. The average molecular weight is 262 g/mol. The molecule has 1 heterocycles. The molecule has 0 fully saturated rings. The smallest absolute Gasteiger partial charge is 0.268 e. The van der Waals surface area contributed by atoms with Crippen LogP contribution in [0.15, 0.2) is 18.2 Å². The van der Waals surface area contributed by atoms with Gasteiger partial charge in [-0.3, -0.25) is 4.79 Å². The number of rotatable bonds is 3. The van der Waals surface area contributed by atoms with Crippen LogP contribution in [-0.4, -0.2) is 24.1 Å². The standard InChI is InChI=1S/C15H22N2O2/c1-9(2)17-13-8-12(7-10(3)16)5-6-14(13)19-11(4)15(17)18/h5-6,8-11H,7,16H2,1-4H3.